The molecule has 0 saturated carbocycles. The fourth-order valence-electron chi connectivity index (χ4n) is 2.31. The Morgan fingerprint density at radius 2 is 2.04 bits per heavy atom. The van der Waals surface area contributed by atoms with Crippen molar-refractivity contribution in [2.45, 2.75) is 0 Å². The predicted molar refractivity (Wildman–Crippen MR) is 92.3 cm³/mol. The van der Waals surface area contributed by atoms with E-state index < -0.39 is 0 Å². The van der Waals surface area contributed by atoms with Crippen LogP contribution in [0.3, 0.4) is 0 Å². The highest BCUT2D eigenvalue weighted by Gasteiger charge is 2.04. The SMILES string of the molecule is Nc1cccc(Nc2nccc(Oc3ccc4[nH]ncc4c3)n2)c1. The Morgan fingerprint density at radius 1 is 1.08 bits per heavy atom. The first-order valence-electron chi connectivity index (χ1n) is 7.33. The van der Waals surface area contributed by atoms with Gasteiger partial charge >= 0.3 is 0 Å². The van der Waals surface area contributed by atoms with Gasteiger partial charge in [-0.25, -0.2) is 4.98 Å². The number of nitrogens with zero attached hydrogens (tertiary/aromatic N) is 3. The summed E-state index contributed by atoms with van der Waals surface area (Å²) in [6.45, 7) is 0. The summed E-state index contributed by atoms with van der Waals surface area (Å²) in [5.74, 6) is 1.55. The topological polar surface area (TPSA) is 102 Å². The van der Waals surface area contributed by atoms with Crippen molar-refractivity contribution >= 4 is 28.2 Å². The molecular formula is C17H14N6O. The van der Waals surface area contributed by atoms with Crippen LogP contribution in [0.5, 0.6) is 11.6 Å². The Bertz CT molecular complexity index is 997. The van der Waals surface area contributed by atoms with E-state index in [0.29, 0.717) is 23.3 Å². The van der Waals surface area contributed by atoms with Crippen LogP contribution < -0.4 is 15.8 Å². The highest BCUT2D eigenvalue weighted by Crippen LogP contribution is 2.24. The second-order valence-corrected chi connectivity index (χ2v) is 5.19. The highest BCUT2D eigenvalue weighted by atomic mass is 16.5. The third-order valence-corrected chi connectivity index (χ3v) is 3.41. The van der Waals surface area contributed by atoms with Crippen LogP contribution in [0.4, 0.5) is 17.3 Å². The number of nitrogens with one attached hydrogen (secondary N) is 2. The molecule has 7 heteroatoms. The van der Waals surface area contributed by atoms with E-state index in [0.717, 1.165) is 16.6 Å². The number of anilines is 3. The minimum Gasteiger partial charge on any atom is -0.439 e. The summed E-state index contributed by atoms with van der Waals surface area (Å²) in [7, 11) is 0. The van der Waals surface area contributed by atoms with Crippen LogP contribution >= 0.6 is 0 Å². The van der Waals surface area contributed by atoms with Gasteiger partial charge in [-0.05, 0) is 36.4 Å². The second kappa shape index (κ2) is 5.88. The zero-order valence-electron chi connectivity index (χ0n) is 12.6. The molecule has 0 atom stereocenters. The van der Waals surface area contributed by atoms with E-state index in [9.17, 15) is 0 Å². The zero-order chi connectivity index (χ0) is 16.4. The number of H-pyrrole nitrogens is 1. The number of nitrogen functional groups attached to an aromatic ring is 1. The molecule has 118 valence electrons. The van der Waals surface area contributed by atoms with Crippen molar-refractivity contribution in [1.82, 2.24) is 20.2 Å². The van der Waals surface area contributed by atoms with Gasteiger partial charge in [-0.3, -0.25) is 5.10 Å². The summed E-state index contributed by atoms with van der Waals surface area (Å²) in [6, 6.07) is 14.7. The van der Waals surface area contributed by atoms with Gasteiger partial charge in [0, 0.05) is 29.0 Å². The summed E-state index contributed by atoms with van der Waals surface area (Å²) in [6.07, 6.45) is 3.38. The van der Waals surface area contributed by atoms with Crippen molar-refractivity contribution in [3.05, 3.63) is 60.9 Å². The standard InChI is InChI=1S/C17H14N6O/c18-12-2-1-3-13(9-12)21-17-19-7-6-16(22-17)24-14-4-5-15-11(8-14)10-20-23-15/h1-10H,18H2,(H,20,23)(H,19,21,22). The first-order chi connectivity index (χ1) is 11.8. The highest BCUT2D eigenvalue weighted by molar-refractivity contribution is 5.79. The van der Waals surface area contributed by atoms with Crippen LogP contribution in [-0.4, -0.2) is 20.2 Å². The van der Waals surface area contributed by atoms with Crippen molar-refractivity contribution in [2.24, 2.45) is 0 Å². The number of fused-ring (bicyclic) bond motifs is 1. The van der Waals surface area contributed by atoms with Crippen LogP contribution in [0.2, 0.25) is 0 Å². The maximum atomic E-state index is 5.80. The van der Waals surface area contributed by atoms with Gasteiger partial charge in [-0.15, -0.1) is 0 Å². The molecule has 0 saturated heterocycles. The average molecular weight is 318 g/mol. The Kier molecular flexibility index (Phi) is 3.43. The summed E-state index contributed by atoms with van der Waals surface area (Å²) < 4.78 is 5.80. The van der Waals surface area contributed by atoms with Crippen molar-refractivity contribution in [3.8, 4) is 11.6 Å². The van der Waals surface area contributed by atoms with E-state index in [-0.39, 0.29) is 0 Å². The van der Waals surface area contributed by atoms with E-state index in [4.69, 9.17) is 10.5 Å². The third-order valence-electron chi connectivity index (χ3n) is 3.41. The molecule has 2 aromatic carbocycles. The lowest BCUT2D eigenvalue weighted by Gasteiger charge is -2.08. The number of hydrogen-bond donors (Lipinski definition) is 3. The Morgan fingerprint density at radius 3 is 2.96 bits per heavy atom. The lowest BCUT2D eigenvalue weighted by atomic mass is 10.2. The lowest BCUT2D eigenvalue weighted by Crippen LogP contribution is -1.98. The number of hydrogen-bond acceptors (Lipinski definition) is 6. The predicted octanol–water partition coefficient (Wildman–Crippen LogP) is 3.47. The first kappa shape index (κ1) is 14.0. The minimum absolute atomic E-state index is 0.433. The molecule has 0 aliphatic rings. The van der Waals surface area contributed by atoms with Crippen LogP contribution in [0.25, 0.3) is 10.9 Å². The molecule has 2 aromatic heterocycles. The second-order valence-electron chi connectivity index (χ2n) is 5.19. The maximum Gasteiger partial charge on any atom is 0.230 e. The Hall–Kier alpha value is -3.61. The molecule has 0 spiro atoms. The molecule has 4 rings (SSSR count). The average Bonchev–Trinajstić information content (AvgIpc) is 3.03. The van der Waals surface area contributed by atoms with Gasteiger partial charge in [-0.2, -0.15) is 10.1 Å². The van der Waals surface area contributed by atoms with Crippen molar-refractivity contribution in [1.29, 1.82) is 0 Å². The van der Waals surface area contributed by atoms with Crippen LogP contribution in [0, 0.1) is 0 Å². The molecule has 0 aliphatic heterocycles. The first-order valence-corrected chi connectivity index (χ1v) is 7.33. The third kappa shape index (κ3) is 2.95. The molecule has 7 nitrogen and oxygen atoms in total. The van der Waals surface area contributed by atoms with Crippen LogP contribution in [0.15, 0.2) is 60.9 Å². The number of benzene rings is 2. The molecule has 4 aromatic rings. The number of aromatic amines is 1. The number of nitrogens with two attached hydrogens (primary N) is 1. The summed E-state index contributed by atoms with van der Waals surface area (Å²) in [5.41, 5.74) is 8.20. The zero-order valence-corrected chi connectivity index (χ0v) is 12.6. The molecule has 0 unspecified atom stereocenters. The molecule has 4 N–H and O–H groups in total. The molecule has 0 radical (unpaired) electrons. The smallest absolute Gasteiger partial charge is 0.230 e. The Labute approximate surface area is 137 Å². The van der Waals surface area contributed by atoms with Gasteiger partial charge in [0.05, 0.1) is 11.7 Å². The molecule has 2 heterocycles. The molecule has 0 bridgehead atoms. The number of ether oxygens (including phenoxy) is 1. The molecule has 0 fully saturated rings. The number of aromatic nitrogens is 4. The fourth-order valence-corrected chi connectivity index (χ4v) is 2.31. The van der Waals surface area contributed by atoms with Gasteiger partial charge in [0.15, 0.2) is 0 Å². The summed E-state index contributed by atoms with van der Waals surface area (Å²) in [4.78, 5) is 8.54. The van der Waals surface area contributed by atoms with Gasteiger partial charge < -0.3 is 15.8 Å². The molecule has 0 amide bonds. The van der Waals surface area contributed by atoms with Gasteiger partial charge in [0.25, 0.3) is 0 Å². The lowest BCUT2D eigenvalue weighted by molar-refractivity contribution is 0.463. The maximum absolute atomic E-state index is 5.80. The molecule has 0 aliphatic carbocycles. The molecular weight excluding hydrogens is 304 g/mol. The minimum atomic E-state index is 0.433. The van der Waals surface area contributed by atoms with Crippen LogP contribution in [0.1, 0.15) is 0 Å². The monoisotopic (exact) mass is 318 g/mol. The summed E-state index contributed by atoms with van der Waals surface area (Å²) in [5, 5.41) is 11.0. The number of rotatable bonds is 4. The normalized spacial score (nSPS) is 10.7. The van der Waals surface area contributed by atoms with Gasteiger partial charge in [0.1, 0.15) is 5.75 Å². The van der Waals surface area contributed by atoms with Crippen molar-refractivity contribution in [3.63, 3.8) is 0 Å². The van der Waals surface area contributed by atoms with Crippen molar-refractivity contribution in [2.75, 3.05) is 11.1 Å². The van der Waals surface area contributed by atoms with E-state index in [1.54, 1.807) is 18.5 Å². The Balaban J connectivity index is 1.55. The van der Waals surface area contributed by atoms with E-state index in [1.165, 1.54) is 0 Å². The van der Waals surface area contributed by atoms with Crippen LogP contribution in [-0.2, 0) is 0 Å². The van der Waals surface area contributed by atoms with E-state index >= 15 is 0 Å². The summed E-state index contributed by atoms with van der Waals surface area (Å²) >= 11 is 0. The van der Waals surface area contributed by atoms with Crippen molar-refractivity contribution < 1.29 is 4.74 Å². The molecule has 24 heavy (non-hydrogen) atoms. The quantitative estimate of drug-likeness (QED) is 0.498. The van der Waals surface area contributed by atoms with Gasteiger partial charge in [0.2, 0.25) is 11.8 Å². The largest absolute Gasteiger partial charge is 0.439 e. The van der Waals surface area contributed by atoms with E-state index in [1.807, 2.05) is 42.5 Å². The van der Waals surface area contributed by atoms with Gasteiger partial charge in [-0.1, -0.05) is 6.07 Å². The fraction of sp³-hybridized carbons (Fsp3) is 0. The van der Waals surface area contributed by atoms with E-state index in [2.05, 4.69) is 25.5 Å².